The number of anilines is 2. The minimum absolute atomic E-state index is 0.122. The molecule has 68 valence electrons. The van der Waals surface area contributed by atoms with Gasteiger partial charge in [0.25, 0.3) is 0 Å². The van der Waals surface area contributed by atoms with E-state index in [0.29, 0.717) is 0 Å². The topological polar surface area (TPSA) is 53.0 Å². The van der Waals surface area contributed by atoms with Gasteiger partial charge in [0.15, 0.2) is 0 Å². The predicted octanol–water partition coefficient (Wildman–Crippen LogP) is 1.62. The van der Waals surface area contributed by atoms with Gasteiger partial charge in [0, 0.05) is 18.4 Å². The normalized spacial score (nSPS) is 11.8. The SMILES string of the molecule is CC(C#N)N(C)c1ccc(N)cc1. The molecule has 0 fully saturated rings. The summed E-state index contributed by atoms with van der Waals surface area (Å²) >= 11 is 0. The lowest BCUT2D eigenvalue weighted by atomic mass is 10.2. The van der Waals surface area contributed by atoms with Gasteiger partial charge in [-0.15, -0.1) is 0 Å². The molecule has 3 nitrogen and oxygen atoms in total. The molecule has 0 aromatic heterocycles. The summed E-state index contributed by atoms with van der Waals surface area (Å²) < 4.78 is 0. The van der Waals surface area contributed by atoms with Crippen LogP contribution in [0.4, 0.5) is 11.4 Å². The van der Waals surface area contributed by atoms with Crippen molar-refractivity contribution in [3.63, 3.8) is 0 Å². The maximum absolute atomic E-state index is 8.70. The van der Waals surface area contributed by atoms with E-state index in [2.05, 4.69) is 6.07 Å². The number of nitriles is 1. The summed E-state index contributed by atoms with van der Waals surface area (Å²) in [7, 11) is 1.89. The van der Waals surface area contributed by atoms with Crippen LogP contribution in [0.3, 0.4) is 0 Å². The Labute approximate surface area is 78.4 Å². The highest BCUT2D eigenvalue weighted by Gasteiger charge is 2.07. The zero-order valence-corrected chi connectivity index (χ0v) is 7.86. The first-order chi connectivity index (χ1) is 6.15. The van der Waals surface area contributed by atoms with E-state index in [1.54, 1.807) is 0 Å². The fourth-order valence-corrected chi connectivity index (χ4v) is 1.02. The average Bonchev–Trinajstić information content (AvgIpc) is 2.17. The second kappa shape index (κ2) is 3.81. The van der Waals surface area contributed by atoms with E-state index in [-0.39, 0.29) is 6.04 Å². The van der Waals surface area contributed by atoms with E-state index in [1.165, 1.54) is 0 Å². The van der Waals surface area contributed by atoms with Gasteiger partial charge in [0.2, 0.25) is 0 Å². The van der Waals surface area contributed by atoms with Crippen molar-refractivity contribution in [1.29, 1.82) is 5.26 Å². The van der Waals surface area contributed by atoms with E-state index < -0.39 is 0 Å². The van der Waals surface area contributed by atoms with Crippen LogP contribution in [0, 0.1) is 11.3 Å². The van der Waals surface area contributed by atoms with E-state index >= 15 is 0 Å². The van der Waals surface area contributed by atoms with Gasteiger partial charge in [-0.2, -0.15) is 5.26 Å². The van der Waals surface area contributed by atoms with Gasteiger partial charge in [0.05, 0.1) is 6.07 Å². The summed E-state index contributed by atoms with van der Waals surface area (Å²) in [6, 6.07) is 9.52. The number of rotatable bonds is 2. The second-order valence-electron chi connectivity index (χ2n) is 3.01. The van der Waals surface area contributed by atoms with Gasteiger partial charge < -0.3 is 10.6 Å². The van der Waals surface area contributed by atoms with Crippen molar-refractivity contribution in [2.75, 3.05) is 17.7 Å². The van der Waals surface area contributed by atoms with Crippen LogP contribution in [-0.2, 0) is 0 Å². The fraction of sp³-hybridized carbons (Fsp3) is 0.300. The Balaban J connectivity index is 2.84. The molecule has 1 aromatic carbocycles. The third kappa shape index (κ3) is 2.12. The average molecular weight is 175 g/mol. The molecule has 0 radical (unpaired) electrons. The van der Waals surface area contributed by atoms with Gasteiger partial charge in [0.1, 0.15) is 6.04 Å². The number of hydrogen-bond acceptors (Lipinski definition) is 3. The van der Waals surface area contributed by atoms with Crippen LogP contribution in [-0.4, -0.2) is 13.1 Å². The van der Waals surface area contributed by atoms with Crippen molar-refractivity contribution in [3.8, 4) is 6.07 Å². The van der Waals surface area contributed by atoms with Crippen molar-refractivity contribution < 1.29 is 0 Å². The van der Waals surface area contributed by atoms with Crippen molar-refractivity contribution in [2.24, 2.45) is 0 Å². The summed E-state index contributed by atoms with van der Waals surface area (Å²) in [5, 5.41) is 8.70. The maximum atomic E-state index is 8.70. The molecule has 0 heterocycles. The molecule has 0 amide bonds. The minimum Gasteiger partial charge on any atom is -0.399 e. The van der Waals surface area contributed by atoms with Gasteiger partial charge in [-0.3, -0.25) is 0 Å². The van der Waals surface area contributed by atoms with Gasteiger partial charge in [-0.1, -0.05) is 0 Å². The maximum Gasteiger partial charge on any atom is 0.113 e. The van der Waals surface area contributed by atoms with Crippen LogP contribution in [0.1, 0.15) is 6.92 Å². The summed E-state index contributed by atoms with van der Waals surface area (Å²) in [5.74, 6) is 0. The van der Waals surface area contributed by atoms with Crippen molar-refractivity contribution in [1.82, 2.24) is 0 Å². The van der Waals surface area contributed by atoms with E-state index in [4.69, 9.17) is 11.0 Å². The predicted molar refractivity (Wildman–Crippen MR) is 54.3 cm³/mol. The highest BCUT2D eigenvalue weighted by atomic mass is 15.1. The monoisotopic (exact) mass is 175 g/mol. The Morgan fingerprint density at radius 3 is 2.38 bits per heavy atom. The standard InChI is InChI=1S/C10H13N3/c1-8(7-11)13(2)10-5-3-9(12)4-6-10/h3-6,8H,12H2,1-2H3. The number of hydrogen-bond donors (Lipinski definition) is 1. The highest BCUT2D eigenvalue weighted by molar-refractivity contribution is 5.53. The Kier molecular flexibility index (Phi) is 2.76. The van der Waals surface area contributed by atoms with Crippen molar-refractivity contribution in [3.05, 3.63) is 24.3 Å². The molecule has 2 N–H and O–H groups in total. The first-order valence-corrected chi connectivity index (χ1v) is 4.13. The molecule has 0 saturated heterocycles. The van der Waals surface area contributed by atoms with Crippen molar-refractivity contribution in [2.45, 2.75) is 13.0 Å². The molecule has 1 rings (SSSR count). The lowest BCUT2D eigenvalue weighted by molar-refractivity contribution is 0.835. The number of nitrogens with two attached hydrogens (primary N) is 1. The Morgan fingerprint density at radius 2 is 1.92 bits per heavy atom. The molecule has 0 saturated carbocycles. The number of nitrogens with zero attached hydrogens (tertiary/aromatic N) is 2. The molecule has 0 aliphatic carbocycles. The first-order valence-electron chi connectivity index (χ1n) is 4.13. The third-order valence-electron chi connectivity index (χ3n) is 2.07. The molecular formula is C10H13N3. The molecule has 3 heteroatoms. The number of nitrogen functional groups attached to an aromatic ring is 1. The molecule has 0 aliphatic heterocycles. The summed E-state index contributed by atoms with van der Waals surface area (Å²) in [6.45, 7) is 1.86. The van der Waals surface area contributed by atoms with Crippen LogP contribution >= 0.6 is 0 Å². The van der Waals surface area contributed by atoms with E-state index in [0.717, 1.165) is 11.4 Å². The second-order valence-corrected chi connectivity index (χ2v) is 3.01. The zero-order chi connectivity index (χ0) is 9.84. The molecular weight excluding hydrogens is 162 g/mol. The molecule has 1 aromatic rings. The summed E-state index contributed by atoms with van der Waals surface area (Å²) in [5.41, 5.74) is 7.29. The molecule has 1 unspecified atom stereocenters. The zero-order valence-electron chi connectivity index (χ0n) is 7.86. The first kappa shape index (κ1) is 9.40. The van der Waals surface area contributed by atoms with Gasteiger partial charge >= 0.3 is 0 Å². The van der Waals surface area contributed by atoms with Crippen LogP contribution in [0.2, 0.25) is 0 Å². The fourth-order valence-electron chi connectivity index (χ4n) is 1.02. The Morgan fingerprint density at radius 1 is 1.38 bits per heavy atom. The highest BCUT2D eigenvalue weighted by Crippen LogP contribution is 2.16. The van der Waals surface area contributed by atoms with Crippen LogP contribution in [0.5, 0.6) is 0 Å². The number of benzene rings is 1. The van der Waals surface area contributed by atoms with E-state index in [9.17, 15) is 0 Å². The molecule has 13 heavy (non-hydrogen) atoms. The Hall–Kier alpha value is -1.69. The van der Waals surface area contributed by atoms with Gasteiger partial charge in [-0.25, -0.2) is 0 Å². The van der Waals surface area contributed by atoms with Crippen molar-refractivity contribution >= 4 is 11.4 Å². The molecule has 1 atom stereocenters. The lowest BCUT2D eigenvalue weighted by Crippen LogP contribution is -2.26. The molecule has 0 spiro atoms. The largest absolute Gasteiger partial charge is 0.399 e. The van der Waals surface area contributed by atoms with Crippen LogP contribution in [0.25, 0.3) is 0 Å². The van der Waals surface area contributed by atoms with Gasteiger partial charge in [-0.05, 0) is 31.2 Å². The minimum atomic E-state index is -0.122. The van der Waals surface area contributed by atoms with Crippen LogP contribution in [0.15, 0.2) is 24.3 Å². The van der Waals surface area contributed by atoms with Crippen LogP contribution < -0.4 is 10.6 Å². The molecule has 0 aliphatic rings. The Bertz CT molecular complexity index is 310. The smallest absolute Gasteiger partial charge is 0.113 e. The lowest BCUT2D eigenvalue weighted by Gasteiger charge is -2.21. The third-order valence-corrected chi connectivity index (χ3v) is 2.07. The summed E-state index contributed by atoms with van der Waals surface area (Å²) in [4.78, 5) is 1.90. The molecule has 0 bridgehead atoms. The summed E-state index contributed by atoms with van der Waals surface area (Å²) in [6.07, 6.45) is 0. The van der Waals surface area contributed by atoms with E-state index in [1.807, 2.05) is 43.1 Å². The quantitative estimate of drug-likeness (QED) is 0.695.